The molecule has 4 aromatic rings. The molecule has 8 heteroatoms. The molecule has 0 radical (unpaired) electrons. The molecule has 4 rings (SSSR count). The molecule has 0 saturated carbocycles. The van der Waals surface area contributed by atoms with Crippen molar-refractivity contribution >= 4 is 37.6 Å². The number of carbonyl (C=O) groups excluding carboxylic acids is 1. The van der Waals surface area contributed by atoms with Crippen molar-refractivity contribution in [3.63, 3.8) is 0 Å². The Kier molecular flexibility index (Phi) is 6.70. The number of hydrogen-bond acceptors (Lipinski definition) is 5. The van der Waals surface area contributed by atoms with Crippen LogP contribution in [0.4, 0.5) is 0 Å². The lowest BCUT2D eigenvalue weighted by atomic mass is 10.1. The summed E-state index contributed by atoms with van der Waals surface area (Å²) in [6.45, 7) is 0.921. The van der Waals surface area contributed by atoms with Gasteiger partial charge in [-0.3, -0.25) is 9.59 Å². The quantitative estimate of drug-likeness (QED) is 0.286. The number of likely N-dealkylation sites (N-methyl/N-ethyl adjacent to an activating group) is 1. The third-order valence-corrected chi connectivity index (χ3v) is 6.85. The molecule has 0 saturated heterocycles. The predicted octanol–water partition coefficient (Wildman–Crippen LogP) is 3.49. The highest BCUT2D eigenvalue weighted by molar-refractivity contribution is 7.90. The maximum absolute atomic E-state index is 13.0. The number of sulfone groups is 1. The van der Waals surface area contributed by atoms with Crippen molar-refractivity contribution in [1.29, 1.82) is 0 Å². The van der Waals surface area contributed by atoms with E-state index in [1.807, 2.05) is 41.0 Å². The molecule has 7 nitrogen and oxygen atoms in total. The Hall–Kier alpha value is -3.65. The van der Waals surface area contributed by atoms with Gasteiger partial charge in [0, 0.05) is 30.6 Å². The summed E-state index contributed by atoms with van der Waals surface area (Å²) in [7, 11) is -1.56. The number of nitrogens with zero attached hydrogens (tertiary/aromatic N) is 2. The van der Waals surface area contributed by atoms with Gasteiger partial charge in [-0.1, -0.05) is 30.3 Å². The highest BCUT2D eigenvalue weighted by Gasteiger charge is 2.15. The second kappa shape index (κ2) is 9.69. The lowest BCUT2D eigenvalue weighted by Crippen LogP contribution is -2.32. The van der Waals surface area contributed by atoms with Crippen LogP contribution in [0.3, 0.4) is 0 Å². The van der Waals surface area contributed by atoms with E-state index in [2.05, 4.69) is 0 Å². The van der Waals surface area contributed by atoms with Gasteiger partial charge >= 0.3 is 0 Å². The van der Waals surface area contributed by atoms with E-state index in [1.165, 1.54) is 12.1 Å². The Morgan fingerprint density at radius 2 is 1.56 bits per heavy atom. The number of carbonyl (C=O) groups is 1. The second-order valence-electron chi connectivity index (χ2n) is 8.21. The Bertz CT molecular complexity index is 1470. The summed E-state index contributed by atoms with van der Waals surface area (Å²) in [5, 5.41) is 1.17. The fraction of sp³-hybridized carbons (Fsp3) is 0.231. The van der Waals surface area contributed by atoms with Crippen molar-refractivity contribution in [2.24, 2.45) is 0 Å². The summed E-state index contributed by atoms with van der Waals surface area (Å²) in [4.78, 5) is 27.7. The van der Waals surface area contributed by atoms with Crippen LogP contribution in [0.5, 0.6) is 5.75 Å². The summed E-state index contributed by atoms with van der Waals surface area (Å²) >= 11 is 0. The van der Waals surface area contributed by atoms with Crippen LogP contribution in [0.1, 0.15) is 6.42 Å². The summed E-state index contributed by atoms with van der Waals surface area (Å²) < 4.78 is 30.9. The van der Waals surface area contributed by atoms with Gasteiger partial charge in [0.1, 0.15) is 12.3 Å². The van der Waals surface area contributed by atoms with E-state index in [9.17, 15) is 18.0 Å². The first-order valence-electron chi connectivity index (χ1n) is 10.9. The van der Waals surface area contributed by atoms with Crippen molar-refractivity contribution in [2.75, 3.05) is 26.5 Å². The van der Waals surface area contributed by atoms with E-state index in [0.717, 1.165) is 17.3 Å². The van der Waals surface area contributed by atoms with Gasteiger partial charge in [0.2, 0.25) is 5.91 Å². The van der Waals surface area contributed by atoms with Gasteiger partial charge in [-0.25, -0.2) is 8.42 Å². The molecule has 1 heterocycles. The number of benzene rings is 3. The minimum Gasteiger partial charge on any atom is -0.493 e. The van der Waals surface area contributed by atoms with Gasteiger partial charge < -0.3 is 14.2 Å². The second-order valence-corrected chi connectivity index (χ2v) is 10.2. The largest absolute Gasteiger partial charge is 0.493 e. The molecule has 0 spiro atoms. The molecule has 0 aliphatic carbocycles. The van der Waals surface area contributed by atoms with E-state index in [-0.39, 0.29) is 22.8 Å². The molecule has 0 atom stereocenters. The third kappa shape index (κ3) is 4.97. The number of para-hydroxylation sites is 2. The van der Waals surface area contributed by atoms with Crippen molar-refractivity contribution in [3.05, 3.63) is 83.0 Å². The van der Waals surface area contributed by atoms with Crippen LogP contribution in [0, 0.1) is 0 Å². The molecule has 0 fully saturated rings. The molecule has 0 bridgehead atoms. The van der Waals surface area contributed by atoms with Gasteiger partial charge in [0.25, 0.3) is 0 Å². The van der Waals surface area contributed by atoms with Gasteiger partial charge in [-0.2, -0.15) is 0 Å². The van der Waals surface area contributed by atoms with E-state index in [4.69, 9.17) is 4.74 Å². The lowest BCUT2D eigenvalue weighted by molar-refractivity contribution is -0.130. The van der Waals surface area contributed by atoms with Crippen LogP contribution in [0.25, 0.3) is 21.8 Å². The molecule has 0 N–H and O–H groups in total. The molecule has 3 aromatic carbocycles. The highest BCUT2D eigenvalue weighted by Crippen LogP contribution is 2.20. The topological polar surface area (TPSA) is 85.7 Å². The van der Waals surface area contributed by atoms with Gasteiger partial charge in [-0.15, -0.1) is 0 Å². The predicted molar refractivity (Wildman–Crippen MR) is 133 cm³/mol. The monoisotopic (exact) mass is 478 g/mol. The number of rotatable bonds is 8. The first-order chi connectivity index (χ1) is 16.3. The van der Waals surface area contributed by atoms with Gasteiger partial charge in [0.15, 0.2) is 15.3 Å². The van der Waals surface area contributed by atoms with E-state index >= 15 is 0 Å². The SMILES string of the molecule is CN(CCCOc1cccc(S(C)(=O)=O)c1)C(=O)Cn1c2ccccc2c(=O)c2ccccc21. The maximum atomic E-state index is 13.0. The Morgan fingerprint density at radius 1 is 0.941 bits per heavy atom. The zero-order valence-electron chi connectivity index (χ0n) is 19.1. The molecular weight excluding hydrogens is 452 g/mol. The van der Waals surface area contributed by atoms with Crippen LogP contribution in [0.2, 0.25) is 0 Å². The maximum Gasteiger partial charge on any atom is 0.242 e. The normalized spacial score (nSPS) is 11.6. The van der Waals surface area contributed by atoms with Crippen molar-refractivity contribution < 1.29 is 17.9 Å². The number of ether oxygens (including phenoxy) is 1. The molecule has 1 amide bonds. The summed E-state index contributed by atoms with van der Waals surface area (Å²) in [5.74, 6) is 0.390. The van der Waals surface area contributed by atoms with Crippen LogP contribution >= 0.6 is 0 Å². The van der Waals surface area contributed by atoms with E-state index < -0.39 is 9.84 Å². The zero-order valence-corrected chi connectivity index (χ0v) is 19.9. The molecule has 1 aromatic heterocycles. The first kappa shape index (κ1) is 23.5. The van der Waals surface area contributed by atoms with Crippen molar-refractivity contribution in [1.82, 2.24) is 9.47 Å². The first-order valence-corrected chi connectivity index (χ1v) is 12.8. The minimum absolute atomic E-state index is 0.0413. The standard InChI is InChI=1S/C26H26N2O5S/c1-27(15-8-16-33-19-9-7-10-20(17-19)34(2,31)32)25(29)18-28-23-13-5-3-11-21(23)26(30)22-12-4-6-14-24(22)28/h3-7,9-14,17H,8,15-16,18H2,1-2H3. The summed E-state index contributed by atoms with van der Waals surface area (Å²) in [5.41, 5.74) is 1.41. The molecular formula is C26H26N2O5S. The Morgan fingerprint density at radius 3 is 2.18 bits per heavy atom. The molecule has 176 valence electrons. The third-order valence-electron chi connectivity index (χ3n) is 5.74. The van der Waals surface area contributed by atoms with Crippen LogP contribution in [0.15, 0.2) is 82.5 Å². The fourth-order valence-electron chi connectivity index (χ4n) is 3.91. The number of aromatic nitrogens is 1. The number of hydrogen-bond donors (Lipinski definition) is 0. The lowest BCUT2D eigenvalue weighted by Gasteiger charge is -2.20. The van der Waals surface area contributed by atoms with Crippen molar-refractivity contribution in [3.8, 4) is 5.75 Å². The van der Waals surface area contributed by atoms with Crippen molar-refractivity contribution in [2.45, 2.75) is 17.9 Å². The molecule has 34 heavy (non-hydrogen) atoms. The Balaban J connectivity index is 1.43. The average molecular weight is 479 g/mol. The smallest absolute Gasteiger partial charge is 0.242 e. The molecule has 0 aliphatic rings. The Labute approximate surface area is 198 Å². The van der Waals surface area contributed by atoms with Gasteiger partial charge in [-0.05, 0) is 48.9 Å². The summed E-state index contributed by atoms with van der Waals surface area (Å²) in [6.07, 6.45) is 1.73. The van der Waals surface area contributed by atoms with Crippen LogP contribution in [-0.2, 0) is 21.2 Å². The van der Waals surface area contributed by atoms with Crippen LogP contribution in [-0.4, -0.2) is 50.2 Å². The summed E-state index contributed by atoms with van der Waals surface area (Å²) in [6, 6.07) is 21.0. The van der Waals surface area contributed by atoms with E-state index in [0.29, 0.717) is 36.1 Å². The molecule has 0 aliphatic heterocycles. The number of pyridine rings is 1. The fourth-order valence-corrected chi connectivity index (χ4v) is 4.57. The van der Waals surface area contributed by atoms with Gasteiger partial charge in [0.05, 0.1) is 22.5 Å². The molecule has 0 unspecified atom stereocenters. The number of fused-ring (bicyclic) bond motifs is 2. The highest BCUT2D eigenvalue weighted by atomic mass is 32.2. The minimum atomic E-state index is -3.30. The zero-order chi connectivity index (χ0) is 24.3. The van der Waals surface area contributed by atoms with E-state index in [1.54, 1.807) is 36.2 Å². The van der Waals surface area contributed by atoms with Crippen LogP contribution < -0.4 is 10.2 Å². The average Bonchev–Trinajstić information content (AvgIpc) is 2.84. The number of amides is 1.